The van der Waals surface area contributed by atoms with E-state index in [2.05, 4.69) is 5.32 Å². The van der Waals surface area contributed by atoms with Gasteiger partial charge in [0.1, 0.15) is 6.54 Å². The zero-order valence-corrected chi connectivity index (χ0v) is 8.77. The van der Waals surface area contributed by atoms with Gasteiger partial charge in [-0.15, -0.1) is 0 Å². The summed E-state index contributed by atoms with van der Waals surface area (Å²) in [5, 5.41) is 10.7. The molecule has 0 saturated heterocycles. The molecule has 1 amide bonds. The number of hydrogen-bond acceptors (Lipinski definition) is 3. The predicted octanol–water partition coefficient (Wildman–Crippen LogP) is -0.111. The maximum absolute atomic E-state index is 11.3. The SMILES string of the molecule is NCc1ccc(CC(=O)NCC(=O)O)cc1. The molecule has 0 spiro atoms. The van der Waals surface area contributed by atoms with E-state index in [4.69, 9.17) is 10.8 Å². The Balaban J connectivity index is 2.46. The van der Waals surface area contributed by atoms with Crippen molar-refractivity contribution in [2.24, 2.45) is 5.73 Å². The highest BCUT2D eigenvalue weighted by Crippen LogP contribution is 2.04. The molecule has 0 radical (unpaired) electrons. The van der Waals surface area contributed by atoms with E-state index in [0.29, 0.717) is 6.54 Å². The molecule has 0 aliphatic heterocycles. The maximum Gasteiger partial charge on any atom is 0.322 e. The van der Waals surface area contributed by atoms with Gasteiger partial charge in [-0.1, -0.05) is 24.3 Å². The summed E-state index contributed by atoms with van der Waals surface area (Å²) in [4.78, 5) is 21.5. The number of nitrogens with one attached hydrogen (secondary N) is 1. The lowest BCUT2D eigenvalue weighted by Gasteiger charge is -2.03. The first-order valence-electron chi connectivity index (χ1n) is 4.88. The van der Waals surface area contributed by atoms with Crippen LogP contribution in [0.25, 0.3) is 0 Å². The number of rotatable bonds is 5. The Hall–Kier alpha value is -1.88. The Morgan fingerprint density at radius 1 is 1.19 bits per heavy atom. The van der Waals surface area contributed by atoms with Crippen LogP contribution in [0, 0.1) is 0 Å². The maximum atomic E-state index is 11.3. The normalized spacial score (nSPS) is 9.81. The molecule has 1 rings (SSSR count). The van der Waals surface area contributed by atoms with Crippen LogP contribution < -0.4 is 11.1 Å². The van der Waals surface area contributed by atoms with Crippen molar-refractivity contribution in [1.82, 2.24) is 5.32 Å². The second kappa shape index (κ2) is 5.87. The number of nitrogens with two attached hydrogens (primary N) is 1. The Morgan fingerprint density at radius 3 is 2.25 bits per heavy atom. The van der Waals surface area contributed by atoms with Crippen molar-refractivity contribution in [2.75, 3.05) is 6.54 Å². The van der Waals surface area contributed by atoms with Gasteiger partial charge in [-0.3, -0.25) is 9.59 Å². The second-order valence-electron chi connectivity index (χ2n) is 3.37. The Kier molecular flexibility index (Phi) is 4.47. The van der Waals surface area contributed by atoms with Crippen LogP contribution >= 0.6 is 0 Å². The molecule has 1 aromatic carbocycles. The fourth-order valence-electron chi connectivity index (χ4n) is 1.22. The number of hydrogen-bond donors (Lipinski definition) is 3. The summed E-state index contributed by atoms with van der Waals surface area (Å²) in [6, 6.07) is 7.31. The van der Waals surface area contributed by atoms with Gasteiger partial charge >= 0.3 is 5.97 Å². The number of aliphatic carboxylic acids is 1. The zero-order chi connectivity index (χ0) is 12.0. The quantitative estimate of drug-likeness (QED) is 0.648. The summed E-state index contributed by atoms with van der Waals surface area (Å²) in [7, 11) is 0. The van der Waals surface area contributed by atoms with Gasteiger partial charge in [0.25, 0.3) is 0 Å². The second-order valence-corrected chi connectivity index (χ2v) is 3.37. The largest absolute Gasteiger partial charge is 0.480 e. The third-order valence-corrected chi connectivity index (χ3v) is 2.06. The van der Waals surface area contributed by atoms with Crippen molar-refractivity contribution < 1.29 is 14.7 Å². The average Bonchev–Trinajstić information content (AvgIpc) is 2.27. The Bertz CT molecular complexity index is 373. The summed E-state index contributed by atoms with van der Waals surface area (Å²) in [6.07, 6.45) is 0.179. The van der Waals surface area contributed by atoms with Crippen LogP contribution in [0.4, 0.5) is 0 Å². The van der Waals surface area contributed by atoms with E-state index in [9.17, 15) is 9.59 Å². The highest BCUT2D eigenvalue weighted by atomic mass is 16.4. The van der Waals surface area contributed by atoms with E-state index < -0.39 is 5.97 Å². The molecular formula is C11H14N2O3. The van der Waals surface area contributed by atoms with Gasteiger partial charge in [-0.2, -0.15) is 0 Å². The predicted molar refractivity (Wildman–Crippen MR) is 58.7 cm³/mol. The van der Waals surface area contributed by atoms with Crippen molar-refractivity contribution >= 4 is 11.9 Å². The number of carboxylic acids is 1. The minimum atomic E-state index is -1.05. The van der Waals surface area contributed by atoms with E-state index in [-0.39, 0.29) is 18.9 Å². The molecule has 86 valence electrons. The molecule has 1 aromatic rings. The van der Waals surface area contributed by atoms with E-state index in [0.717, 1.165) is 11.1 Å². The van der Waals surface area contributed by atoms with E-state index >= 15 is 0 Å². The number of amides is 1. The van der Waals surface area contributed by atoms with Crippen molar-refractivity contribution in [3.8, 4) is 0 Å². The standard InChI is InChI=1S/C11H14N2O3/c12-6-9-3-1-8(2-4-9)5-10(14)13-7-11(15)16/h1-4H,5-7,12H2,(H,13,14)(H,15,16). The number of carbonyl (C=O) groups is 2. The molecule has 0 aliphatic carbocycles. The number of carboxylic acid groups (broad SMARTS) is 1. The van der Waals surface area contributed by atoms with Gasteiger partial charge in [-0.25, -0.2) is 0 Å². The molecule has 0 aliphatic rings. The third kappa shape index (κ3) is 4.10. The summed E-state index contributed by atoms with van der Waals surface area (Å²) >= 11 is 0. The third-order valence-electron chi connectivity index (χ3n) is 2.06. The molecule has 5 nitrogen and oxygen atoms in total. The van der Waals surface area contributed by atoms with Crippen LogP contribution in [-0.2, 0) is 22.6 Å². The Labute approximate surface area is 93.3 Å². The summed E-state index contributed by atoms with van der Waals surface area (Å²) in [5.74, 6) is -1.35. The molecule has 0 heterocycles. The fourth-order valence-corrected chi connectivity index (χ4v) is 1.22. The molecule has 0 atom stereocenters. The van der Waals surface area contributed by atoms with Crippen LogP contribution in [0.3, 0.4) is 0 Å². The fraction of sp³-hybridized carbons (Fsp3) is 0.273. The molecule has 0 aromatic heterocycles. The zero-order valence-electron chi connectivity index (χ0n) is 8.77. The summed E-state index contributed by atoms with van der Waals surface area (Å²) in [5.41, 5.74) is 7.27. The van der Waals surface area contributed by atoms with Gasteiger partial charge < -0.3 is 16.2 Å². The lowest BCUT2D eigenvalue weighted by Crippen LogP contribution is -2.30. The highest BCUT2D eigenvalue weighted by molar-refractivity contribution is 5.82. The average molecular weight is 222 g/mol. The Morgan fingerprint density at radius 2 is 1.75 bits per heavy atom. The van der Waals surface area contributed by atoms with Crippen LogP contribution in [0.5, 0.6) is 0 Å². The molecule has 0 fully saturated rings. The number of benzene rings is 1. The first-order valence-corrected chi connectivity index (χ1v) is 4.88. The molecule has 4 N–H and O–H groups in total. The lowest BCUT2D eigenvalue weighted by atomic mass is 10.1. The van der Waals surface area contributed by atoms with Crippen molar-refractivity contribution in [3.05, 3.63) is 35.4 Å². The van der Waals surface area contributed by atoms with Crippen LogP contribution in [0.2, 0.25) is 0 Å². The molecule has 5 heteroatoms. The van der Waals surface area contributed by atoms with Gasteiger partial charge in [0.05, 0.1) is 6.42 Å². The van der Waals surface area contributed by atoms with E-state index in [1.807, 2.05) is 24.3 Å². The van der Waals surface area contributed by atoms with Crippen LogP contribution in [0.15, 0.2) is 24.3 Å². The smallest absolute Gasteiger partial charge is 0.322 e. The minimum Gasteiger partial charge on any atom is -0.480 e. The molecule has 0 bridgehead atoms. The topological polar surface area (TPSA) is 92.4 Å². The minimum absolute atomic E-state index is 0.179. The van der Waals surface area contributed by atoms with Gasteiger partial charge in [0, 0.05) is 6.54 Å². The summed E-state index contributed by atoms with van der Waals surface area (Å²) in [6.45, 7) is 0.116. The van der Waals surface area contributed by atoms with Crippen molar-refractivity contribution in [2.45, 2.75) is 13.0 Å². The van der Waals surface area contributed by atoms with Crippen molar-refractivity contribution in [1.29, 1.82) is 0 Å². The first kappa shape index (κ1) is 12.2. The van der Waals surface area contributed by atoms with E-state index in [1.54, 1.807) is 0 Å². The molecule has 0 saturated carbocycles. The van der Waals surface area contributed by atoms with Gasteiger partial charge in [-0.05, 0) is 11.1 Å². The van der Waals surface area contributed by atoms with Gasteiger partial charge in [0.2, 0.25) is 5.91 Å². The van der Waals surface area contributed by atoms with Crippen LogP contribution in [0.1, 0.15) is 11.1 Å². The van der Waals surface area contributed by atoms with Crippen LogP contribution in [-0.4, -0.2) is 23.5 Å². The van der Waals surface area contributed by atoms with Crippen molar-refractivity contribution in [3.63, 3.8) is 0 Å². The lowest BCUT2D eigenvalue weighted by molar-refractivity contribution is -0.137. The molecule has 16 heavy (non-hydrogen) atoms. The molecular weight excluding hydrogens is 208 g/mol. The van der Waals surface area contributed by atoms with E-state index in [1.165, 1.54) is 0 Å². The van der Waals surface area contributed by atoms with Gasteiger partial charge in [0.15, 0.2) is 0 Å². The summed E-state index contributed by atoms with van der Waals surface area (Å²) < 4.78 is 0. The number of carbonyl (C=O) groups excluding carboxylic acids is 1. The highest BCUT2D eigenvalue weighted by Gasteiger charge is 2.04. The first-order chi connectivity index (χ1) is 7.61. The monoisotopic (exact) mass is 222 g/mol. The molecule has 0 unspecified atom stereocenters.